The van der Waals surface area contributed by atoms with Gasteiger partial charge in [-0.25, -0.2) is 0 Å². The lowest BCUT2D eigenvalue weighted by molar-refractivity contribution is -0.136. The molecule has 17 heavy (non-hydrogen) atoms. The molecule has 92 valence electrons. The van der Waals surface area contributed by atoms with E-state index in [1.165, 1.54) is 11.1 Å². The molecule has 0 spiro atoms. The molecular formula is C13H16O3S. The van der Waals surface area contributed by atoms with E-state index in [1.807, 2.05) is 6.07 Å². The summed E-state index contributed by atoms with van der Waals surface area (Å²) in [5.74, 6) is 1.98. The number of ether oxygens (including phenoxy) is 1. The van der Waals surface area contributed by atoms with Crippen molar-refractivity contribution in [2.24, 2.45) is 0 Å². The van der Waals surface area contributed by atoms with Gasteiger partial charge in [0.1, 0.15) is 5.75 Å². The summed E-state index contributed by atoms with van der Waals surface area (Å²) < 4.78 is 5.45. The first-order valence-corrected chi connectivity index (χ1v) is 6.95. The van der Waals surface area contributed by atoms with Crippen LogP contribution >= 0.6 is 11.8 Å². The highest BCUT2D eigenvalue weighted by Crippen LogP contribution is 2.26. The molecule has 1 aliphatic rings. The van der Waals surface area contributed by atoms with E-state index in [1.54, 1.807) is 11.8 Å². The first-order chi connectivity index (χ1) is 8.25. The number of thioether (sulfide) groups is 1. The van der Waals surface area contributed by atoms with Crippen LogP contribution in [0.1, 0.15) is 17.5 Å². The summed E-state index contributed by atoms with van der Waals surface area (Å²) >= 11 is 1.70. The second-order valence-electron chi connectivity index (χ2n) is 4.05. The lowest BCUT2D eigenvalue weighted by atomic mass is 10.1. The normalized spacial score (nSPS) is 13.2. The average Bonchev–Trinajstić information content (AvgIpc) is 2.75. The minimum Gasteiger partial charge on any atom is -0.493 e. The van der Waals surface area contributed by atoms with Crippen molar-refractivity contribution in [3.8, 4) is 5.75 Å². The molecule has 1 N–H and O–H groups in total. The summed E-state index contributed by atoms with van der Waals surface area (Å²) in [6.07, 6.45) is 2.26. The van der Waals surface area contributed by atoms with Gasteiger partial charge in [0.05, 0.1) is 13.0 Å². The molecule has 0 saturated heterocycles. The summed E-state index contributed by atoms with van der Waals surface area (Å²) in [4.78, 5) is 10.3. The molecular weight excluding hydrogens is 236 g/mol. The smallest absolute Gasteiger partial charge is 0.304 e. The van der Waals surface area contributed by atoms with Gasteiger partial charge >= 0.3 is 5.97 Å². The fourth-order valence-corrected chi connectivity index (χ4v) is 2.75. The minimum absolute atomic E-state index is 0.253. The molecule has 2 rings (SSSR count). The zero-order valence-corrected chi connectivity index (χ0v) is 10.5. The molecule has 0 radical (unpaired) electrons. The van der Waals surface area contributed by atoms with Crippen LogP contribution in [0.2, 0.25) is 0 Å². The lowest BCUT2D eigenvalue weighted by Gasteiger charge is -2.04. The number of carboxylic acids is 1. The minimum atomic E-state index is -0.716. The van der Waals surface area contributed by atoms with Gasteiger partial charge in [-0.15, -0.1) is 0 Å². The molecule has 1 aromatic carbocycles. The highest BCUT2D eigenvalue weighted by atomic mass is 32.2. The molecule has 1 heterocycles. The van der Waals surface area contributed by atoms with E-state index in [-0.39, 0.29) is 6.42 Å². The molecule has 1 aromatic rings. The molecule has 0 aliphatic carbocycles. The predicted octanol–water partition coefficient (Wildman–Crippen LogP) is 2.37. The fraction of sp³-hybridized carbons (Fsp3) is 0.462. The Hall–Kier alpha value is -1.16. The Labute approximate surface area is 105 Å². The van der Waals surface area contributed by atoms with Crippen LogP contribution in [0, 0.1) is 0 Å². The van der Waals surface area contributed by atoms with Crippen LogP contribution in [-0.4, -0.2) is 29.2 Å². The van der Waals surface area contributed by atoms with Gasteiger partial charge in [-0.05, 0) is 29.4 Å². The third-order valence-electron chi connectivity index (χ3n) is 2.75. The second-order valence-corrected chi connectivity index (χ2v) is 5.27. The van der Waals surface area contributed by atoms with Gasteiger partial charge < -0.3 is 9.84 Å². The molecule has 1 aliphatic heterocycles. The average molecular weight is 252 g/mol. The maximum Gasteiger partial charge on any atom is 0.304 e. The first kappa shape index (κ1) is 12.3. The van der Waals surface area contributed by atoms with Gasteiger partial charge in [-0.3, -0.25) is 4.79 Å². The quantitative estimate of drug-likeness (QED) is 0.790. The van der Waals surface area contributed by atoms with Crippen molar-refractivity contribution in [2.45, 2.75) is 19.3 Å². The van der Waals surface area contributed by atoms with E-state index in [4.69, 9.17) is 9.84 Å². The highest BCUT2D eigenvalue weighted by Gasteiger charge is 2.11. The van der Waals surface area contributed by atoms with Gasteiger partial charge in [-0.1, -0.05) is 12.1 Å². The summed E-state index contributed by atoms with van der Waals surface area (Å²) in [6.45, 7) is 0.798. The molecule has 0 bridgehead atoms. The maximum absolute atomic E-state index is 10.3. The van der Waals surface area contributed by atoms with Crippen molar-refractivity contribution in [1.29, 1.82) is 0 Å². The van der Waals surface area contributed by atoms with Crippen LogP contribution in [0.25, 0.3) is 0 Å². The number of hydrogen-bond donors (Lipinski definition) is 1. The molecule has 4 heteroatoms. The Morgan fingerprint density at radius 3 is 3.12 bits per heavy atom. The second kappa shape index (κ2) is 5.96. The van der Waals surface area contributed by atoms with Crippen LogP contribution in [0.5, 0.6) is 5.75 Å². The van der Waals surface area contributed by atoms with Crippen molar-refractivity contribution >= 4 is 17.7 Å². The van der Waals surface area contributed by atoms with Crippen molar-refractivity contribution < 1.29 is 14.6 Å². The number of aliphatic carboxylic acids is 1. The van der Waals surface area contributed by atoms with E-state index in [0.717, 1.165) is 31.0 Å². The molecule has 0 unspecified atom stereocenters. The van der Waals surface area contributed by atoms with Gasteiger partial charge in [0, 0.05) is 12.2 Å². The number of aryl methyl sites for hydroxylation is 1. The molecule has 0 fully saturated rings. The Balaban J connectivity index is 1.74. The number of carbonyl (C=O) groups is 1. The van der Waals surface area contributed by atoms with Crippen LogP contribution in [-0.2, 0) is 17.6 Å². The molecule has 0 aromatic heterocycles. The van der Waals surface area contributed by atoms with Crippen molar-refractivity contribution in [3.05, 3.63) is 29.3 Å². The van der Waals surface area contributed by atoms with Crippen LogP contribution in [0.15, 0.2) is 18.2 Å². The highest BCUT2D eigenvalue weighted by molar-refractivity contribution is 7.99. The van der Waals surface area contributed by atoms with Gasteiger partial charge in [-0.2, -0.15) is 11.8 Å². The Kier molecular flexibility index (Phi) is 4.31. The van der Waals surface area contributed by atoms with Crippen molar-refractivity contribution in [3.63, 3.8) is 0 Å². The Morgan fingerprint density at radius 2 is 2.29 bits per heavy atom. The summed E-state index contributed by atoms with van der Waals surface area (Å²) in [5.41, 5.74) is 2.62. The topological polar surface area (TPSA) is 46.5 Å². The molecule has 0 saturated carbocycles. The predicted molar refractivity (Wildman–Crippen MR) is 68.9 cm³/mol. The van der Waals surface area contributed by atoms with Crippen LogP contribution in [0.4, 0.5) is 0 Å². The summed E-state index contributed by atoms with van der Waals surface area (Å²) in [6, 6.07) is 6.35. The number of rotatable bonds is 6. The van der Waals surface area contributed by atoms with Crippen LogP contribution in [0.3, 0.4) is 0 Å². The number of fused-ring (bicyclic) bond motifs is 1. The molecule has 3 nitrogen and oxygen atoms in total. The fourth-order valence-electron chi connectivity index (χ4n) is 1.85. The van der Waals surface area contributed by atoms with E-state index in [9.17, 15) is 4.79 Å². The van der Waals surface area contributed by atoms with Crippen molar-refractivity contribution in [2.75, 3.05) is 18.1 Å². The van der Waals surface area contributed by atoms with E-state index in [0.29, 0.717) is 5.75 Å². The van der Waals surface area contributed by atoms with Crippen molar-refractivity contribution in [1.82, 2.24) is 0 Å². The third kappa shape index (κ3) is 3.66. The zero-order chi connectivity index (χ0) is 12.1. The zero-order valence-electron chi connectivity index (χ0n) is 9.65. The standard InChI is InChI=1S/C13H16O3S/c14-13(15)5-8-17-7-4-10-1-2-12-11(9-10)3-6-16-12/h1-2,9H,3-8H2,(H,14,15). The van der Waals surface area contributed by atoms with Gasteiger partial charge in [0.2, 0.25) is 0 Å². The van der Waals surface area contributed by atoms with E-state index in [2.05, 4.69) is 12.1 Å². The lowest BCUT2D eigenvalue weighted by Crippen LogP contribution is -1.97. The Morgan fingerprint density at radius 1 is 1.41 bits per heavy atom. The number of benzene rings is 1. The van der Waals surface area contributed by atoms with Gasteiger partial charge in [0.25, 0.3) is 0 Å². The van der Waals surface area contributed by atoms with Crippen LogP contribution < -0.4 is 4.74 Å². The largest absolute Gasteiger partial charge is 0.493 e. The first-order valence-electron chi connectivity index (χ1n) is 5.80. The SMILES string of the molecule is O=C(O)CCSCCc1ccc2c(c1)CCO2. The van der Waals surface area contributed by atoms with E-state index >= 15 is 0 Å². The summed E-state index contributed by atoms with van der Waals surface area (Å²) in [5, 5.41) is 8.51. The Bertz CT molecular complexity index is 404. The number of carboxylic acid groups (broad SMARTS) is 1. The number of hydrogen-bond acceptors (Lipinski definition) is 3. The third-order valence-corrected chi connectivity index (χ3v) is 3.73. The molecule has 0 atom stereocenters. The van der Waals surface area contributed by atoms with E-state index < -0.39 is 5.97 Å². The molecule has 0 amide bonds. The summed E-state index contributed by atoms with van der Waals surface area (Å²) in [7, 11) is 0. The van der Waals surface area contributed by atoms with Gasteiger partial charge in [0.15, 0.2) is 0 Å². The maximum atomic E-state index is 10.3. The monoisotopic (exact) mass is 252 g/mol.